The first-order chi connectivity index (χ1) is 18.4. The first kappa shape index (κ1) is 26.9. The first-order valence-electron chi connectivity index (χ1n) is 11.7. The standard InChI is InChI=1S/C27H29N3O7S/c1-7-36-27(31)37-25-19(15-38-26-28-10-11-30(26)2)29-18-14-23(35-6)22(34-5)13-17(18)24(25)16-8-9-20(32-3)21(12-16)33-4/h8-14H,7,15H2,1-6H3. The van der Waals surface area contributed by atoms with Gasteiger partial charge in [-0.3, -0.25) is 0 Å². The van der Waals surface area contributed by atoms with E-state index < -0.39 is 6.16 Å². The molecule has 0 aliphatic rings. The monoisotopic (exact) mass is 539 g/mol. The Kier molecular flexibility index (Phi) is 8.47. The van der Waals surface area contributed by atoms with Gasteiger partial charge in [0.05, 0.1) is 46.3 Å². The van der Waals surface area contributed by atoms with Crippen LogP contribution in [0.3, 0.4) is 0 Å². The Hall–Kier alpha value is -4.12. The Morgan fingerprint density at radius 3 is 2.26 bits per heavy atom. The van der Waals surface area contributed by atoms with Crippen molar-refractivity contribution in [1.29, 1.82) is 0 Å². The van der Waals surface area contributed by atoms with Crippen LogP contribution in [0.5, 0.6) is 28.7 Å². The molecule has 0 aliphatic carbocycles. The van der Waals surface area contributed by atoms with Crippen molar-refractivity contribution in [2.75, 3.05) is 35.0 Å². The Morgan fingerprint density at radius 2 is 1.63 bits per heavy atom. The maximum absolute atomic E-state index is 12.6. The number of hydrogen-bond donors (Lipinski definition) is 0. The fourth-order valence-electron chi connectivity index (χ4n) is 3.96. The van der Waals surface area contributed by atoms with Crippen molar-refractivity contribution in [3.05, 3.63) is 48.4 Å². The predicted molar refractivity (Wildman–Crippen MR) is 144 cm³/mol. The van der Waals surface area contributed by atoms with Crippen molar-refractivity contribution < 1.29 is 33.2 Å². The number of aryl methyl sites for hydroxylation is 1. The van der Waals surface area contributed by atoms with E-state index in [0.29, 0.717) is 56.5 Å². The summed E-state index contributed by atoms with van der Waals surface area (Å²) in [5.41, 5.74) is 2.47. The molecule has 0 radical (unpaired) electrons. The molecule has 4 rings (SSSR count). The van der Waals surface area contributed by atoms with Gasteiger partial charge in [-0.1, -0.05) is 17.8 Å². The maximum atomic E-state index is 12.6. The number of thioether (sulfide) groups is 1. The van der Waals surface area contributed by atoms with Crippen molar-refractivity contribution >= 4 is 28.8 Å². The van der Waals surface area contributed by atoms with Gasteiger partial charge in [0.15, 0.2) is 33.9 Å². The summed E-state index contributed by atoms with van der Waals surface area (Å²) in [5.74, 6) is 2.73. The van der Waals surface area contributed by atoms with Gasteiger partial charge in [0.1, 0.15) is 0 Å². The molecule has 10 nitrogen and oxygen atoms in total. The van der Waals surface area contributed by atoms with Crippen molar-refractivity contribution in [2.45, 2.75) is 17.8 Å². The summed E-state index contributed by atoms with van der Waals surface area (Å²) < 4.78 is 35.0. The number of ether oxygens (including phenoxy) is 6. The van der Waals surface area contributed by atoms with E-state index in [1.807, 2.05) is 29.9 Å². The highest BCUT2D eigenvalue weighted by molar-refractivity contribution is 7.98. The fourth-order valence-corrected chi connectivity index (χ4v) is 4.83. The Balaban J connectivity index is 2.02. The fraction of sp³-hybridized carbons (Fsp3) is 0.296. The maximum Gasteiger partial charge on any atom is 0.513 e. The third kappa shape index (κ3) is 5.42. The lowest BCUT2D eigenvalue weighted by Crippen LogP contribution is -2.13. The molecule has 0 amide bonds. The summed E-state index contributed by atoms with van der Waals surface area (Å²) in [6.45, 7) is 1.87. The third-order valence-corrected chi connectivity index (χ3v) is 6.82. The van der Waals surface area contributed by atoms with Crippen LogP contribution in [0, 0.1) is 0 Å². The van der Waals surface area contributed by atoms with Crippen LogP contribution in [0.2, 0.25) is 0 Å². The molecule has 4 aromatic rings. The molecular weight excluding hydrogens is 510 g/mol. The summed E-state index contributed by atoms with van der Waals surface area (Å²) in [5, 5.41) is 1.47. The van der Waals surface area contributed by atoms with Gasteiger partial charge < -0.3 is 33.0 Å². The van der Waals surface area contributed by atoms with E-state index in [0.717, 1.165) is 5.16 Å². The molecule has 2 aromatic heterocycles. The molecule has 0 fully saturated rings. The van der Waals surface area contributed by atoms with Gasteiger partial charge in [-0.05, 0) is 30.7 Å². The number of hydrogen-bond acceptors (Lipinski definition) is 10. The number of carbonyl (C=O) groups is 1. The molecule has 38 heavy (non-hydrogen) atoms. The minimum Gasteiger partial charge on any atom is -0.493 e. The largest absolute Gasteiger partial charge is 0.513 e. The molecule has 200 valence electrons. The average molecular weight is 540 g/mol. The molecule has 0 aliphatic heterocycles. The van der Waals surface area contributed by atoms with Gasteiger partial charge in [0, 0.05) is 42.2 Å². The molecule has 0 saturated carbocycles. The van der Waals surface area contributed by atoms with Crippen molar-refractivity contribution in [3.8, 4) is 39.9 Å². The Morgan fingerprint density at radius 1 is 0.947 bits per heavy atom. The SMILES string of the molecule is CCOC(=O)Oc1c(CSc2nccn2C)nc2cc(OC)c(OC)cc2c1-c1ccc(OC)c(OC)c1. The zero-order chi connectivity index (χ0) is 27.2. The summed E-state index contributed by atoms with van der Waals surface area (Å²) in [7, 11) is 8.16. The molecule has 0 bridgehead atoms. The Bertz CT molecular complexity index is 1450. The summed E-state index contributed by atoms with van der Waals surface area (Å²) in [6.07, 6.45) is 2.75. The quantitative estimate of drug-likeness (QED) is 0.190. The minimum absolute atomic E-state index is 0.161. The molecule has 0 atom stereocenters. The highest BCUT2D eigenvalue weighted by Crippen LogP contribution is 2.45. The van der Waals surface area contributed by atoms with Crippen LogP contribution in [-0.4, -0.2) is 55.7 Å². The lowest BCUT2D eigenvalue weighted by atomic mass is 9.98. The van der Waals surface area contributed by atoms with Gasteiger partial charge in [0.2, 0.25) is 0 Å². The second kappa shape index (κ2) is 12.0. The molecule has 11 heteroatoms. The highest BCUT2D eigenvalue weighted by atomic mass is 32.2. The lowest BCUT2D eigenvalue weighted by molar-refractivity contribution is 0.104. The number of carbonyl (C=O) groups excluding carboxylic acids is 1. The van der Waals surface area contributed by atoms with E-state index in [2.05, 4.69) is 4.98 Å². The number of aromatic nitrogens is 3. The number of imidazole rings is 1. The predicted octanol–water partition coefficient (Wildman–Crippen LogP) is 5.50. The lowest BCUT2D eigenvalue weighted by Gasteiger charge is -2.19. The molecule has 0 spiro atoms. The van der Waals surface area contributed by atoms with E-state index in [-0.39, 0.29) is 12.4 Å². The van der Waals surface area contributed by atoms with E-state index in [1.54, 1.807) is 59.8 Å². The van der Waals surface area contributed by atoms with Gasteiger partial charge in [-0.25, -0.2) is 14.8 Å². The number of benzene rings is 2. The van der Waals surface area contributed by atoms with Gasteiger partial charge in [0.25, 0.3) is 0 Å². The van der Waals surface area contributed by atoms with Crippen LogP contribution in [0.25, 0.3) is 22.0 Å². The molecular formula is C27H29N3O7S. The molecule has 0 unspecified atom stereocenters. The van der Waals surface area contributed by atoms with Gasteiger partial charge in [-0.15, -0.1) is 0 Å². The minimum atomic E-state index is -0.834. The molecule has 0 saturated heterocycles. The summed E-state index contributed by atoms with van der Waals surface area (Å²) in [6, 6.07) is 9.07. The van der Waals surface area contributed by atoms with Gasteiger partial charge >= 0.3 is 6.16 Å². The van der Waals surface area contributed by atoms with Crippen LogP contribution >= 0.6 is 11.8 Å². The number of pyridine rings is 1. The topological polar surface area (TPSA) is 103 Å². The molecule has 0 N–H and O–H groups in total. The van der Waals surface area contributed by atoms with Crippen LogP contribution in [-0.2, 0) is 17.5 Å². The zero-order valence-electron chi connectivity index (χ0n) is 22.1. The summed E-state index contributed by atoms with van der Waals surface area (Å²) in [4.78, 5) is 21.9. The normalized spacial score (nSPS) is 10.8. The number of nitrogens with zero attached hydrogens (tertiary/aromatic N) is 3. The van der Waals surface area contributed by atoms with Crippen LogP contribution in [0.1, 0.15) is 12.6 Å². The summed E-state index contributed by atoms with van der Waals surface area (Å²) >= 11 is 1.46. The number of rotatable bonds is 10. The highest BCUT2D eigenvalue weighted by Gasteiger charge is 2.24. The molecule has 2 aromatic carbocycles. The number of methoxy groups -OCH3 is 4. The van der Waals surface area contributed by atoms with Crippen LogP contribution in [0.4, 0.5) is 4.79 Å². The average Bonchev–Trinajstić information content (AvgIpc) is 3.35. The second-order valence-electron chi connectivity index (χ2n) is 7.95. The molecule has 2 heterocycles. The van der Waals surface area contributed by atoms with E-state index in [1.165, 1.54) is 11.8 Å². The van der Waals surface area contributed by atoms with E-state index >= 15 is 0 Å². The van der Waals surface area contributed by atoms with E-state index in [4.69, 9.17) is 33.4 Å². The van der Waals surface area contributed by atoms with E-state index in [9.17, 15) is 4.79 Å². The smallest absolute Gasteiger partial charge is 0.493 e. The van der Waals surface area contributed by atoms with Crippen LogP contribution in [0.15, 0.2) is 47.9 Å². The third-order valence-electron chi connectivity index (χ3n) is 5.75. The zero-order valence-corrected chi connectivity index (χ0v) is 22.9. The van der Waals surface area contributed by atoms with Crippen molar-refractivity contribution in [2.24, 2.45) is 7.05 Å². The number of fused-ring (bicyclic) bond motifs is 1. The van der Waals surface area contributed by atoms with Gasteiger partial charge in [-0.2, -0.15) is 0 Å². The van der Waals surface area contributed by atoms with Crippen molar-refractivity contribution in [3.63, 3.8) is 0 Å². The second-order valence-corrected chi connectivity index (χ2v) is 8.89. The first-order valence-corrected chi connectivity index (χ1v) is 12.7. The van der Waals surface area contributed by atoms with Crippen LogP contribution < -0.4 is 23.7 Å². The Labute approximate surface area is 224 Å². The van der Waals surface area contributed by atoms with Crippen molar-refractivity contribution in [1.82, 2.24) is 14.5 Å².